The van der Waals surface area contributed by atoms with Gasteiger partial charge in [0.25, 0.3) is 0 Å². The second kappa shape index (κ2) is 7.62. The summed E-state index contributed by atoms with van der Waals surface area (Å²) in [5.74, 6) is 0.626. The number of aromatic nitrogens is 1. The number of carbonyl (C=O) groups is 2. The van der Waals surface area contributed by atoms with Crippen LogP contribution >= 0.6 is 0 Å². The number of nitrogens with zero attached hydrogens (tertiary/aromatic N) is 2. The summed E-state index contributed by atoms with van der Waals surface area (Å²) in [4.78, 5) is 30.3. The number of pyridine rings is 1. The van der Waals surface area contributed by atoms with Crippen molar-refractivity contribution in [3.8, 4) is 0 Å². The molecule has 4 rings (SSSR count). The molecule has 2 amide bonds. The van der Waals surface area contributed by atoms with Gasteiger partial charge in [0.1, 0.15) is 5.66 Å². The number of amides is 2. The average molecular weight is 378 g/mol. The van der Waals surface area contributed by atoms with Crippen LogP contribution in [0, 0.1) is 6.92 Å². The van der Waals surface area contributed by atoms with E-state index in [0.29, 0.717) is 31.7 Å². The van der Waals surface area contributed by atoms with Gasteiger partial charge in [0.15, 0.2) is 0 Å². The number of benzene rings is 1. The lowest BCUT2D eigenvalue weighted by molar-refractivity contribution is -0.123. The van der Waals surface area contributed by atoms with Gasteiger partial charge in [0.2, 0.25) is 12.3 Å². The largest absolute Gasteiger partial charge is 0.366 e. The van der Waals surface area contributed by atoms with Crippen LogP contribution in [-0.2, 0) is 16.0 Å². The molecule has 2 aliphatic rings. The number of rotatable bonds is 7. The summed E-state index contributed by atoms with van der Waals surface area (Å²) in [6.07, 6.45) is 7.79. The summed E-state index contributed by atoms with van der Waals surface area (Å²) in [6, 6.07) is 10.4. The maximum absolute atomic E-state index is 12.7. The summed E-state index contributed by atoms with van der Waals surface area (Å²) in [7, 11) is 0. The van der Waals surface area contributed by atoms with Crippen molar-refractivity contribution in [2.75, 3.05) is 18.0 Å². The second-order valence-corrected chi connectivity index (χ2v) is 7.98. The molecule has 1 aromatic heterocycles. The molecule has 6 nitrogen and oxygen atoms in total. The predicted octanol–water partition coefficient (Wildman–Crippen LogP) is 2.28. The highest BCUT2D eigenvalue weighted by molar-refractivity contribution is 5.80. The number of nitrogens with one attached hydrogen (secondary N) is 2. The van der Waals surface area contributed by atoms with Gasteiger partial charge in [0.05, 0.1) is 24.8 Å². The van der Waals surface area contributed by atoms with Crippen molar-refractivity contribution in [2.45, 2.75) is 44.2 Å². The van der Waals surface area contributed by atoms with E-state index in [1.54, 1.807) is 0 Å². The van der Waals surface area contributed by atoms with Crippen LogP contribution < -0.4 is 15.5 Å². The zero-order chi connectivity index (χ0) is 19.6. The Kier molecular flexibility index (Phi) is 5.03. The van der Waals surface area contributed by atoms with E-state index < -0.39 is 5.66 Å². The molecular weight excluding hydrogens is 352 g/mol. The van der Waals surface area contributed by atoms with Gasteiger partial charge >= 0.3 is 0 Å². The molecule has 1 atom stereocenters. The average Bonchev–Trinajstić information content (AvgIpc) is 3.44. The van der Waals surface area contributed by atoms with Crippen molar-refractivity contribution in [3.63, 3.8) is 0 Å². The van der Waals surface area contributed by atoms with Crippen molar-refractivity contribution < 1.29 is 9.59 Å². The summed E-state index contributed by atoms with van der Waals surface area (Å²) >= 11 is 0. The van der Waals surface area contributed by atoms with Gasteiger partial charge in [-0.2, -0.15) is 0 Å². The molecule has 1 saturated carbocycles. The molecule has 1 aliphatic heterocycles. The molecule has 1 saturated heterocycles. The second-order valence-electron chi connectivity index (χ2n) is 7.98. The zero-order valence-corrected chi connectivity index (χ0v) is 16.1. The van der Waals surface area contributed by atoms with E-state index in [-0.39, 0.29) is 5.91 Å². The van der Waals surface area contributed by atoms with Crippen LogP contribution in [0.5, 0.6) is 0 Å². The molecule has 0 spiro atoms. The molecule has 1 aliphatic carbocycles. The number of hydrogen-bond acceptors (Lipinski definition) is 4. The van der Waals surface area contributed by atoms with Gasteiger partial charge in [-0.25, -0.2) is 0 Å². The Hall–Kier alpha value is -2.89. The quantitative estimate of drug-likeness (QED) is 0.573. The molecule has 6 heteroatoms. The minimum atomic E-state index is -0.753. The first-order chi connectivity index (χ1) is 13.6. The maximum Gasteiger partial charge on any atom is 0.226 e. The topological polar surface area (TPSA) is 74.3 Å². The molecule has 2 N–H and O–H groups in total. The molecular formula is C22H26N4O2. The fourth-order valence-electron chi connectivity index (χ4n) is 3.93. The molecule has 2 aromatic rings. The first kappa shape index (κ1) is 18.5. The first-order valence-electron chi connectivity index (χ1n) is 9.85. The third kappa shape index (κ3) is 4.16. The van der Waals surface area contributed by atoms with Crippen LogP contribution in [0.4, 0.5) is 5.69 Å². The van der Waals surface area contributed by atoms with Gasteiger partial charge in [-0.15, -0.1) is 0 Å². The highest BCUT2D eigenvalue weighted by Gasteiger charge is 2.39. The zero-order valence-electron chi connectivity index (χ0n) is 16.1. The SMILES string of the molecule is Cc1cncc(N2CCC(NC=O)(NC(=O)Cc3ccc(C4CC4)cc3)C2)c1. The third-order valence-electron chi connectivity index (χ3n) is 5.60. The first-order valence-corrected chi connectivity index (χ1v) is 9.85. The Balaban J connectivity index is 1.41. The van der Waals surface area contributed by atoms with Crippen molar-refractivity contribution in [1.29, 1.82) is 0 Å². The number of anilines is 1. The number of aryl methyl sites for hydroxylation is 1. The number of hydrogen-bond donors (Lipinski definition) is 2. The fraction of sp³-hybridized carbons (Fsp3) is 0.409. The monoisotopic (exact) mass is 378 g/mol. The van der Waals surface area contributed by atoms with Crippen LogP contribution in [0.25, 0.3) is 0 Å². The van der Waals surface area contributed by atoms with Crippen molar-refractivity contribution in [1.82, 2.24) is 15.6 Å². The Morgan fingerprint density at radius 2 is 2.07 bits per heavy atom. The lowest BCUT2D eigenvalue weighted by Crippen LogP contribution is -2.60. The van der Waals surface area contributed by atoms with E-state index in [2.05, 4.69) is 38.7 Å². The van der Waals surface area contributed by atoms with Gasteiger partial charge < -0.3 is 15.5 Å². The minimum Gasteiger partial charge on any atom is -0.366 e. The minimum absolute atomic E-state index is 0.0854. The number of carbonyl (C=O) groups excluding carboxylic acids is 2. The Morgan fingerprint density at radius 3 is 2.75 bits per heavy atom. The van der Waals surface area contributed by atoms with Crippen molar-refractivity contribution in [3.05, 3.63) is 59.4 Å². The maximum atomic E-state index is 12.7. The third-order valence-corrected chi connectivity index (χ3v) is 5.60. The summed E-state index contributed by atoms with van der Waals surface area (Å²) in [5, 5.41) is 5.91. The highest BCUT2D eigenvalue weighted by atomic mass is 16.2. The highest BCUT2D eigenvalue weighted by Crippen LogP contribution is 2.39. The van der Waals surface area contributed by atoms with E-state index in [1.165, 1.54) is 18.4 Å². The van der Waals surface area contributed by atoms with Crippen LogP contribution in [0.2, 0.25) is 0 Å². The van der Waals surface area contributed by atoms with Crippen LogP contribution in [0.3, 0.4) is 0 Å². The van der Waals surface area contributed by atoms with E-state index in [1.807, 2.05) is 31.5 Å². The molecule has 0 radical (unpaired) electrons. The Morgan fingerprint density at radius 1 is 1.29 bits per heavy atom. The van der Waals surface area contributed by atoms with Crippen LogP contribution in [0.15, 0.2) is 42.7 Å². The van der Waals surface area contributed by atoms with Gasteiger partial charge in [-0.3, -0.25) is 14.6 Å². The molecule has 146 valence electrons. The van der Waals surface area contributed by atoms with E-state index >= 15 is 0 Å². The van der Waals surface area contributed by atoms with Gasteiger partial charge in [-0.05, 0) is 48.4 Å². The Bertz CT molecular complexity index is 863. The fourth-order valence-corrected chi connectivity index (χ4v) is 3.93. The molecule has 1 unspecified atom stereocenters. The van der Waals surface area contributed by atoms with E-state index in [9.17, 15) is 9.59 Å². The standard InChI is InChI=1S/C22H26N4O2/c1-16-10-20(13-23-12-16)26-9-8-22(14-26,24-15-27)25-21(28)11-17-2-4-18(5-3-17)19-6-7-19/h2-5,10,12-13,15,19H,6-9,11,14H2,1H3,(H,24,27)(H,25,28). The van der Waals surface area contributed by atoms with Crippen LogP contribution in [0.1, 0.15) is 41.9 Å². The molecule has 0 bridgehead atoms. The van der Waals surface area contributed by atoms with Crippen molar-refractivity contribution in [2.24, 2.45) is 0 Å². The predicted molar refractivity (Wildman–Crippen MR) is 108 cm³/mol. The Labute approximate surface area is 165 Å². The lowest BCUT2D eigenvalue weighted by Gasteiger charge is -2.30. The van der Waals surface area contributed by atoms with Gasteiger partial charge in [0, 0.05) is 19.2 Å². The summed E-state index contributed by atoms with van der Waals surface area (Å²) < 4.78 is 0. The van der Waals surface area contributed by atoms with Gasteiger partial charge in [-0.1, -0.05) is 24.3 Å². The molecule has 1 aromatic carbocycles. The molecule has 28 heavy (non-hydrogen) atoms. The summed E-state index contributed by atoms with van der Waals surface area (Å²) in [6.45, 7) is 3.26. The normalized spacial score (nSPS) is 21.4. The van der Waals surface area contributed by atoms with E-state index in [0.717, 1.165) is 23.4 Å². The molecule has 2 heterocycles. The smallest absolute Gasteiger partial charge is 0.226 e. The molecule has 2 fully saturated rings. The summed E-state index contributed by atoms with van der Waals surface area (Å²) in [5.41, 5.74) is 3.68. The lowest BCUT2D eigenvalue weighted by atomic mass is 10.0. The van der Waals surface area contributed by atoms with E-state index in [4.69, 9.17) is 0 Å². The van der Waals surface area contributed by atoms with Crippen LogP contribution in [-0.4, -0.2) is 36.1 Å². The van der Waals surface area contributed by atoms with Crippen molar-refractivity contribution >= 4 is 18.0 Å².